The Kier molecular flexibility index (Phi) is 9.83. The van der Waals surface area contributed by atoms with E-state index in [1.54, 1.807) is 16.7 Å². The molecule has 0 unspecified atom stereocenters. The van der Waals surface area contributed by atoms with Crippen LogP contribution in [0.5, 0.6) is 0 Å². The van der Waals surface area contributed by atoms with Gasteiger partial charge in [0.25, 0.3) is 5.91 Å². The number of rotatable bonds is 12. The van der Waals surface area contributed by atoms with Crippen LogP contribution >= 0.6 is 0 Å². The average Bonchev–Trinajstić information content (AvgIpc) is 3.29. The van der Waals surface area contributed by atoms with Crippen LogP contribution in [0.25, 0.3) is 0 Å². The normalized spacial score (nSPS) is 12.1. The third-order valence-electron chi connectivity index (χ3n) is 6.15. The van der Waals surface area contributed by atoms with E-state index >= 15 is 0 Å². The summed E-state index contributed by atoms with van der Waals surface area (Å²) in [7, 11) is 0. The third kappa shape index (κ3) is 7.90. The molecule has 39 heavy (non-hydrogen) atoms. The fraction of sp³-hybridized carbons (Fsp3) is 0.333. The van der Waals surface area contributed by atoms with E-state index in [-0.39, 0.29) is 29.8 Å². The van der Waals surface area contributed by atoms with Crippen molar-refractivity contribution >= 4 is 17.8 Å². The molecule has 12 heteroatoms. The van der Waals surface area contributed by atoms with Crippen LogP contribution in [0.1, 0.15) is 69.5 Å². The topological polar surface area (TPSA) is 134 Å². The van der Waals surface area contributed by atoms with Crippen molar-refractivity contribution in [3.8, 4) is 0 Å². The minimum Gasteiger partial charge on any atom is -0.478 e. The fourth-order valence-corrected chi connectivity index (χ4v) is 4.18. The monoisotopic (exact) mass is 546 g/mol. The summed E-state index contributed by atoms with van der Waals surface area (Å²) in [5.41, 5.74) is 1.40. The summed E-state index contributed by atoms with van der Waals surface area (Å²) >= 11 is 0. The van der Waals surface area contributed by atoms with Crippen molar-refractivity contribution < 1.29 is 37.9 Å². The Morgan fingerprint density at radius 1 is 1.08 bits per heavy atom. The van der Waals surface area contributed by atoms with Crippen molar-refractivity contribution in [1.29, 1.82) is 0 Å². The first kappa shape index (κ1) is 29.4. The molecule has 0 fully saturated rings. The molecule has 0 saturated heterocycles. The zero-order valence-corrected chi connectivity index (χ0v) is 21.2. The number of aromatic carboxylic acids is 1. The molecule has 2 aromatic carbocycles. The van der Waals surface area contributed by atoms with Gasteiger partial charge in [-0.05, 0) is 42.2 Å². The van der Waals surface area contributed by atoms with Gasteiger partial charge in [-0.2, -0.15) is 13.2 Å². The van der Waals surface area contributed by atoms with E-state index in [1.807, 2.05) is 6.92 Å². The minimum atomic E-state index is -4.63. The summed E-state index contributed by atoms with van der Waals surface area (Å²) in [6, 6.07) is 9.93. The van der Waals surface area contributed by atoms with Gasteiger partial charge < -0.3 is 15.0 Å². The summed E-state index contributed by atoms with van der Waals surface area (Å²) in [6.07, 6.45) is -1.83. The van der Waals surface area contributed by atoms with Crippen molar-refractivity contribution in [2.45, 2.75) is 57.8 Å². The van der Waals surface area contributed by atoms with Crippen molar-refractivity contribution in [2.24, 2.45) is 0 Å². The number of benzene rings is 2. The number of carboxylic acid groups (broad SMARTS) is 1. The Morgan fingerprint density at radius 2 is 1.77 bits per heavy atom. The maximum atomic E-state index is 13.5. The first-order valence-corrected chi connectivity index (χ1v) is 12.3. The largest absolute Gasteiger partial charge is 0.478 e. The van der Waals surface area contributed by atoms with Crippen LogP contribution in [0.4, 0.5) is 13.2 Å². The number of carbonyl (C=O) groups is 3. The number of hydrogen-bond acceptors (Lipinski definition) is 5. The molecule has 2 amide bonds. The van der Waals surface area contributed by atoms with E-state index in [1.165, 1.54) is 42.0 Å². The lowest BCUT2D eigenvalue weighted by molar-refractivity contribution is -0.138. The van der Waals surface area contributed by atoms with Crippen molar-refractivity contribution in [2.75, 3.05) is 0 Å². The zero-order chi connectivity index (χ0) is 28.6. The van der Waals surface area contributed by atoms with Crippen LogP contribution in [0, 0.1) is 0 Å². The van der Waals surface area contributed by atoms with E-state index in [4.69, 9.17) is 10.3 Å². The molecule has 9 nitrogen and oxygen atoms in total. The first-order chi connectivity index (χ1) is 18.5. The van der Waals surface area contributed by atoms with Crippen LogP contribution in [-0.4, -0.2) is 43.7 Å². The lowest BCUT2D eigenvalue weighted by Gasteiger charge is -2.21. The van der Waals surface area contributed by atoms with Gasteiger partial charge in [-0.3, -0.25) is 14.8 Å². The van der Waals surface area contributed by atoms with Crippen LogP contribution in [0.3, 0.4) is 0 Å². The van der Waals surface area contributed by atoms with Gasteiger partial charge in [-0.15, -0.1) is 0 Å². The van der Waals surface area contributed by atoms with Crippen molar-refractivity contribution in [1.82, 2.24) is 20.3 Å². The number of nitrogens with one attached hydrogen (secondary N) is 2. The Hall–Kier alpha value is -4.19. The number of hydroxylamine groups is 1. The van der Waals surface area contributed by atoms with Gasteiger partial charge in [-0.1, -0.05) is 43.7 Å². The zero-order valence-electron chi connectivity index (χ0n) is 21.2. The van der Waals surface area contributed by atoms with Gasteiger partial charge in [0.2, 0.25) is 5.91 Å². The second-order valence-corrected chi connectivity index (χ2v) is 9.02. The maximum absolute atomic E-state index is 13.5. The summed E-state index contributed by atoms with van der Waals surface area (Å²) in [6.45, 7) is 2.20. The SMILES string of the molecule is CCCCc1ncc(C(=O)N[C@@H](CC(=O)NO)Cc2ccccc2C(F)(F)F)n1Cc1ccc(C(=O)O)cc1. The molecule has 0 aliphatic carbocycles. The molecule has 0 spiro atoms. The number of amides is 2. The Bertz CT molecular complexity index is 1310. The molecule has 3 rings (SSSR count). The smallest absolute Gasteiger partial charge is 0.416 e. The van der Waals surface area contributed by atoms with E-state index in [9.17, 15) is 27.6 Å². The number of imidazole rings is 1. The molecule has 1 atom stereocenters. The quantitative estimate of drug-likeness (QED) is 0.199. The summed E-state index contributed by atoms with van der Waals surface area (Å²) in [5, 5.41) is 20.8. The predicted octanol–water partition coefficient (Wildman–Crippen LogP) is 4.23. The Labute approximate surface area is 222 Å². The predicted molar refractivity (Wildman–Crippen MR) is 134 cm³/mol. The highest BCUT2D eigenvalue weighted by Crippen LogP contribution is 2.32. The molecule has 0 aliphatic heterocycles. The van der Waals surface area contributed by atoms with Crippen molar-refractivity contribution in [3.05, 3.63) is 88.5 Å². The summed E-state index contributed by atoms with van der Waals surface area (Å²) < 4.78 is 42.3. The van der Waals surface area contributed by atoms with Crippen LogP contribution < -0.4 is 10.8 Å². The summed E-state index contributed by atoms with van der Waals surface area (Å²) in [5.74, 6) is -2.00. The highest BCUT2D eigenvalue weighted by molar-refractivity contribution is 5.93. The molecular weight excluding hydrogens is 517 g/mol. The second-order valence-electron chi connectivity index (χ2n) is 9.02. The number of hydrogen-bond donors (Lipinski definition) is 4. The highest BCUT2D eigenvalue weighted by Gasteiger charge is 2.34. The number of unbranched alkanes of at least 4 members (excludes halogenated alkanes) is 1. The molecule has 4 N–H and O–H groups in total. The molecule has 1 heterocycles. The molecular formula is C27H29F3N4O5. The lowest BCUT2D eigenvalue weighted by Crippen LogP contribution is -2.41. The summed E-state index contributed by atoms with van der Waals surface area (Å²) in [4.78, 5) is 40.8. The van der Waals surface area contributed by atoms with Gasteiger partial charge in [0, 0.05) is 25.4 Å². The van der Waals surface area contributed by atoms with Crippen LogP contribution in [-0.2, 0) is 30.4 Å². The second kappa shape index (κ2) is 13.1. The van der Waals surface area contributed by atoms with E-state index < -0.39 is 42.0 Å². The number of aryl methyl sites for hydroxylation is 1. The number of nitrogens with zero attached hydrogens (tertiary/aromatic N) is 2. The van der Waals surface area contributed by atoms with Crippen molar-refractivity contribution in [3.63, 3.8) is 0 Å². The number of alkyl halides is 3. The number of carboxylic acids is 1. The van der Waals surface area contributed by atoms with Gasteiger partial charge in [0.1, 0.15) is 11.5 Å². The van der Waals surface area contributed by atoms with Gasteiger partial charge in [-0.25, -0.2) is 15.3 Å². The maximum Gasteiger partial charge on any atom is 0.416 e. The van der Waals surface area contributed by atoms with Crippen LogP contribution in [0.15, 0.2) is 54.7 Å². The lowest BCUT2D eigenvalue weighted by atomic mass is 9.97. The average molecular weight is 547 g/mol. The number of halogens is 3. The molecule has 3 aromatic rings. The first-order valence-electron chi connectivity index (χ1n) is 12.3. The van der Waals surface area contributed by atoms with E-state index in [0.29, 0.717) is 17.8 Å². The standard InChI is InChI=1S/C27H29F3N4O5/c1-2-3-8-23-31-15-22(34(23)16-17-9-11-18(12-10-17)26(37)38)25(36)32-20(14-24(35)33-39)13-19-6-4-5-7-21(19)27(28,29)30/h4-7,9-12,15,20,39H,2-3,8,13-14,16H2,1H3,(H,32,36)(H,33,35)(H,37,38)/t20-/m1/s1. The van der Waals surface area contributed by atoms with Crippen LogP contribution in [0.2, 0.25) is 0 Å². The third-order valence-corrected chi connectivity index (χ3v) is 6.15. The highest BCUT2D eigenvalue weighted by atomic mass is 19.4. The number of aromatic nitrogens is 2. The number of carbonyl (C=O) groups excluding carboxylic acids is 2. The molecule has 1 aromatic heterocycles. The Morgan fingerprint density at radius 3 is 2.38 bits per heavy atom. The molecule has 0 radical (unpaired) electrons. The minimum absolute atomic E-state index is 0.109. The fourth-order valence-electron chi connectivity index (χ4n) is 4.18. The van der Waals surface area contributed by atoms with E-state index in [0.717, 1.165) is 18.9 Å². The molecule has 0 saturated carbocycles. The van der Waals surface area contributed by atoms with Gasteiger partial charge in [0.05, 0.1) is 17.3 Å². The molecule has 208 valence electrons. The van der Waals surface area contributed by atoms with Gasteiger partial charge >= 0.3 is 12.1 Å². The van der Waals surface area contributed by atoms with E-state index in [2.05, 4.69) is 10.3 Å². The molecule has 0 aliphatic rings. The Balaban J connectivity index is 1.91. The molecule has 0 bridgehead atoms. The van der Waals surface area contributed by atoms with Gasteiger partial charge in [0.15, 0.2) is 0 Å².